The van der Waals surface area contributed by atoms with E-state index in [2.05, 4.69) is 15.5 Å². The van der Waals surface area contributed by atoms with Crippen LogP contribution in [0.5, 0.6) is 0 Å². The predicted molar refractivity (Wildman–Crippen MR) is 84.4 cm³/mol. The Morgan fingerprint density at radius 1 is 1.09 bits per heavy atom. The van der Waals surface area contributed by atoms with E-state index in [1.807, 2.05) is 13.8 Å². The Hall–Kier alpha value is -1.14. The van der Waals surface area contributed by atoms with Crippen molar-refractivity contribution in [2.24, 2.45) is 5.92 Å². The molecule has 0 aromatic heterocycles. The van der Waals surface area contributed by atoms with Gasteiger partial charge in [0.05, 0.1) is 0 Å². The fraction of sp³-hybridized carbons (Fsp3) is 0.875. The van der Waals surface area contributed by atoms with Crippen molar-refractivity contribution in [3.63, 3.8) is 0 Å². The molecule has 2 rings (SSSR count). The Morgan fingerprint density at radius 2 is 1.73 bits per heavy atom. The van der Waals surface area contributed by atoms with E-state index in [0.717, 1.165) is 52.0 Å². The molecule has 6 nitrogen and oxygen atoms in total. The summed E-state index contributed by atoms with van der Waals surface area (Å²) in [6.07, 6.45) is 4.44. The van der Waals surface area contributed by atoms with E-state index >= 15 is 0 Å². The van der Waals surface area contributed by atoms with Gasteiger partial charge in [-0.25, -0.2) is 0 Å². The van der Waals surface area contributed by atoms with Crippen molar-refractivity contribution in [2.45, 2.75) is 51.6 Å². The van der Waals surface area contributed by atoms with Gasteiger partial charge in [0.15, 0.2) is 0 Å². The molecule has 0 atom stereocenters. The normalized spacial score (nSPS) is 21.8. The average molecular weight is 311 g/mol. The minimum absolute atomic E-state index is 0.0130. The number of likely N-dealkylation sites (tertiary alicyclic amines) is 1. The summed E-state index contributed by atoms with van der Waals surface area (Å²) in [5, 5.41) is 5.37. The quantitative estimate of drug-likeness (QED) is 0.743. The lowest BCUT2D eigenvalue weighted by atomic mass is 9.94. The van der Waals surface area contributed by atoms with Gasteiger partial charge in [-0.3, -0.25) is 9.59 Å². The van der Waals surface area contributed by atoms with E-state index in [9.17, 15) is 9.59 Å². The number of piperidine rings is 1. The van der Waals surface area contributed by atoms with Crippen LogP contribution in [0.2, 0.25) is 0 Å². The summed E-state index contributed by atoms with van der Waals surface area (Å²) in [6.45, 7) is 8.23. The summed E-state index contributed by atoms with van der Waals surface area (Å²) < 4.78 is 5.41. The first-order valence-electron chi connectivity index (χ1n) is 8.46. The van der Waals surface area contributed by atoms with Crippen LogP contribution in [0.4, 0.5) is 0 Å². The number of rotatable bonds is 4. The fourth-order valence-corrected chi connectivity index (χ4v) is 3.22. The summed E-state index contributed by atoms with van der Waals surface area (Å²) in [4.78, 5) is 25.8. The van der Waals surface area contributed by atoms with Gasteiger partial charge in [0.25, 0.3) is 0 Å². The number of nitrogens with zero attached hydrogens (tertiary/aromatic N) is 1. The van der Waals surface area contributed by atoms with Gasteiger partial charge >= 0.3 is 11.8 Å². The minimum Gasteiger partial charge on any atom is -0.381 e. The van der Waals surface area contributed by atoms with Gasteiger partial charge in [-0.1, -0.05) is 0 Å². The highest BCUT2D eigenvalue weighted by Gasteiger charge is 2.27. The summed E-state index contributed by atoms with van der Waals surface area (Å²) in [7, 11) is 0. The SMILES string of the molecule is CC(C)NC(=O)C(=O)NCC1CCN(C2CCOCC2)CC1. The van der Waals surface area contributed by atoms with Gasteiger partial charge in [0.1, 0.15) is 0 Å². The van der Waals surface area contributed by atoms with Crippen molar-refractivity contribution < 1.29 is 14.3 Å². The molecule has 0 radical (unpaired) electrons. The topological polar surface area (TPSA) is 70.7 Å². The monoisotopic (exact) mass is 311 g/mol. The first-order chi connectivity index (χ1) is 10.6. The Balaban J connectivity index is 1.64. The molecule has 2 aliphatic heterocycles. The largest absolute Gasteiger partial charge is 0.381 e. The van der Waals surface area contributed by atoms with Crippen molar-refractivity contribution in [2.75, 3.05) is 32.8 Å². The van der Waals surface area contributed by atoms with Crippen LogP contribution in [0.3, 0.4) is 0 Å². The van der Waals surface area contributed by atoms with E-state index < -0.39 is 11.8 Å². The summed E-state index contributed by atoms with van der Waals surface area (Å²) in [5.74, 6) is -0.568. The molecule has 0 saturated carbocycles. The maximum absolute atomic E-state index is 11.7. The minimum atomic E-state index is -0.533. The molecule has 0 aromatic carbocycles. The van der Waals surface area contributed by atoms with E-state index in [4.69, 9.17) is 4.74 Å². The zero-order valence-electron chi connectivity index (χ0n) is 13.8. The third-order valence-corrected chi connectivity index (χ3v) is 4.53. The van der Waals surface area contributed by atoms with Crippen LogP contribution >= 0.6 is 0 Å². The second kappa shape index (κ2) is 8.48. The van der Waals surface area contributed by atoms with E-state index in [1.165, 1.54) is 0 Å². The Kier molecular flexibility index (Phi) is 6.64. The van der Waals surface area contributed by atoms with Crippen molar-refractivity contribution in [1.29, 1.82) is 0 Å². The van der Waals surface area contributed by atoms with E-state index in [-0.39, 0.29) is 6.04 Å². The number of carbonyl (C=O) groups is 2. The smallest absolute Gasteiger partial charge is 0.309 e. The molecule has 2 aliphatic rings. The Labute approximate surface area is 132 Å². The molecule has 2 N–H and O–H groups in total. The molecule has 0 unspecified atom stereocenters. The lowest BCUT2D eigenvalue weighted by molar-refractivity contribution is -0.139. The molecule has 126 valence electrons. The maximum Gasteiger partial charge on any atom is 0.309 e. The molecule has 0 aromatic rings. The molecule has 22 heavy (non-hydrogen) atoms. The van der Waals surface area contributed by atoms with Gasteiger partial charge in [-0.05, 0) is 58.5 Å². The van der Waals surface area contributed by atoms with Crippen LogP contribution in [-0.2, 0) is 14.3 Å². The summed E-state index contributed by atoms with van der Waals surface area (Å²) >= 11 is 0. The first kappa shape index (κ1) is 17.2. The van der Waals surface area contributed by atoms with Gasteiger partial charge < -0.3 is 20.3 Å². The van der Waals surface area contributed by atoms with E-state index in [1.54, 1.807) is 0 Å². The van der Waals surface area contributed by atoms with Crippen LogP contribution in [-0.4, -0.2) is 61.6 Å². The number of hydrogen-bond acceptors (Lipinski definition) is 4. The zero-order valence-corrected chi connectivity index (χ0v) is 13.8. The van der Waals surface area contributed by atoms with Crippen molar-refractivity contribution in [1.82, 2.24) is 15.5 Å². The van der Waals surface area contributed by atoms with Gasteiger partial charge in [-0.15, -0.1) is 0 Å². The first-order valence-corrected chi connectivity index (χ1v) is 8.46. The standard InChI is InChI=1S/C16H29N3O3/c1-12(2)18-16(21)15(20)17-11-13-3-7-19(8-4-13)14-5-9-22-10-6-14/h12-14H,3-11H2,1-2H3,(H,17,20)(H,18,21). The molecule has 0 spiro atoms. The molecular formula is C16H29N3O3. The third-order valence-electron chi connectivity index (χ3n) is 4.53. The highest BCUT2D eigenvalue weighted by atomic mass is 16.5. The molecule has 2 amide bonds. The van der Waals surface area contributed by atoms with Crippen LogP contribution < -0.4 is 10.6 Å². The van der Waals surface area contributed by atoms with Crippen LogP contribution in [0.1, 0.15) is 39.5 Å². The van der Waals surface area contributed by atoms with E-state index in [0.29, 0.717) is 18.5 Å². The summed E-state index contributed by atoms with van der Waals surface area (Å²) in [5.41, 5.74) is 0. The third kappa shape index (κ3) is 5.25. The van der Waals surface area contributed by atoms with Crippen molar-refractivity contribution in [3.8, 4) is 0 Å². The second-order valence-corrected chi connectivity index (χ2v) is 6.66. The Morgan fingerprint density at radius 3 is 2.32 bits per heavy atom. The highest BCUT2D eigenvalue weighted by molar-refractivity contribution is 6.35. The fourth-order valence-electron chi connectivity index (χ4n) is 3.22. The molecule has 0 aliphatic carbocycles. The molecule has 0 bridgehead atoms. The lowest BCUT2D eigenvalue weighted by Gasteiger charge is -2.39. The average Bonchev–Trinajstić information content (AvgIpc) is 2.53. The van der Waals surface area contributed by atoms with Gasteiger partial charge in [0.2, 0.25) is 0 Å². The summed E-state index contributed by atoms with van der Waals surface area (Å²) in [6, 6.07) is 0.655. The molecule has 2 fully saturated rings. The molecule has 2 heterocycles. The molecule has 6 heteroatoms. The Bertz CT molecular complexity index is 373. The van der Waals surface area contributed by atoms with Gasteiger partial charge in [0, 0.05) is 31.8 Å². The number of nitrogens with one attached hydrogen (secondary N) is 2. The van der Waals surface area contributed by atoms with Gasteiger partial charge in [-0.2, -0.15) is 0 Å². The van der Waals surface area contributed by atoms with Crippen LogP contribution in [0.15, 0.2) is 0 Å². The zero-order chi connectivity index (χ0) is 15.9. The molecule has 2 saturated heterocycles. The number of ether oxygens (including phenoxy) is 1. The van der Waals surface area contributed by atoms with Crippen molar-refractivity contribution in [3.05, 3.63) is 0 Å². The second-order valence-electron chi connectivity index (χ2n) is 6.66. The lowest BCUT2D eigenvalue weighted by Crippen LogP contribution is -2.47. The predicted octanol–water partition coefficient (Wildman–Crippen LogP) is 0.518. The highest BCUT2D eigenvalue weighted by Crippen LogP contribution is 2.22. The number of carbonyl (C=O) groups excluding carboxylic acids is 2. The van der Waals surface area contributed by atoms with Crippen molar-refractivity contribution >= 4 is 11.8 Å². The van der Waals surface area contributed by atoms with Crippen LogP contribution in [0.25, 0.3) is 0 Å². The maximum atomic E-state index is 11.7. The number of hydrogen-bond donors (Lipinski definition) is 2. The molecular weight excluding hydrogens is 282 g/mol. The number of amides is 2. The van der Waals surface area contributed by atoms with Crippen LogP contribution in [0, 0.1) is 5.92 Å².